The normalized spacial score (nSPS) is 12.2. The predicted octanol–water partition coefficient (Wildman–Crippen LogP) is 3.86. The molecular weight excluding hydrogens is 336 g/mol. The van der Waals surface area contributed by atoms with Gasteiger partial charge in [-0.25, -0.2) is 0 Å². The van der Waals surface area contributed by atoms with E-state index in [9.17, 15) is 4.79 Å². The molecule has 0 aliphatic carbocycles. The summed E-state index contributed by atoms with van der Waals surface area (Å²) in [4.78, 5) is 11.8. The van der Waals surface area contributed by atoms with Gasteiger partial charge >= 0.3 is 0 Å². The lowest BCUT2D eigenvalue weighted by atomic mass is 10.1. The van der Waals surface area contributed by atoms with E-state index in [2.05, 4.69) is 34.8 Å². The molecule has 0 spiro atoms. The van der Waals surface area contributed by atoms with Gasteiger partial charge in [0.15, 0.2) is 0 Å². The molecule has 88 valence electrons. The summed E-state index contributed by atoms with van der Waals surface area (Å²) in [6, 6.07) is 5.52. The summed E-state index contributed by atoms with van der Waals surface area (Å²) in [6.45, 7) is 4.12. The maximum absolute atomic E-state index is 11.8. The minimum Gasteiger partial charge on any atom is -0.350 e. The molecule has 0 saturated heterocycles. The van der Waals surface area contributed by atoms with Crippen molar-refractivity contribution in [1.82, 2.24) is 5.32 Å². The molecule has 1 aromatic rings. The van der Waals surface area contributed by atoms with E-state index >= 15 is 0 Å². The summed E-state index contributed by atoms with van der Waals surface area (Å²) in [5.74, 6) is -0.0319. The summed E-state index contributed by atoms with van der Waals surface area (Å²) in [6.07, 6.45) is 2.07. The molecule has 1 rings (SSSR count). The van der Waals surface area contributed by atoms with E-state index in [4.69, 9.17) is 11.6 Å². The van der Waals surface area contributed by atoms with Gasteiger partial charge in [0.2, 0.25) is 0 Å². The Morgan fingerprint density at radius 2 is 2.25 bits per heavy atom. The van der Waals surface area contributed by atoms with Crippen molar-refractivity contribution in [2.24, 2.45) is 0 Å². The first kappa shape index (κ1) is 13.8. The van der Waals surface area contributed by atoms with Crippen molar-refractivity contribution in [3.05, 3.63) is 32.4 Å². The summed E-state index contributed by atoms with van der Waals surface area (Å²) in [5.41, 5.74) is 0.664. The third-order valence-corrected chi connectivity index (χ3v) is 3.82. The standard InChI is InChI=1S/C12H15ClINO/c1-3-4-8(2)15-12(16)9-5-6-10(13)11(14)7-9/h5-8H,3-4H2,1-2H3,(H,15,16). The first-order chi connectivity index (χ1) is 7.54. The van der Waals surface area contributed by atoms with E-state index in [1.54, 1.807) is 18.2 Å². The molecule has 1 N–H and O–H groups in total. The van der Waals surface area contributed by atoms with Crippen LogP contribution in [0.1, 0.15) is 37.0 Å². The quantitative estimate of drug-likeness (QED) is 0.820. The largest absolute Gasteiger partial charge is 0.350 e. The first-order valence-electron chi connectivity index (χ1n) is 5.30. The molecule has 0 radical (unpaired) electrons. The zero-order valence-electron chi connectivity index (χ0n) is 9.39. The average molecular weight is 352 g/mol. The van der Waals surface area contributed by atoms with Crippen LogP contribution in [0.5, 0.6) is 0 Å². The van der Waals surface area contributed by atoms with Crippen LogP contribution < -0.4 is 5.32 Å². The van der Waals surface area contributed by atoms with Gasteiger partial charge in [-0.15, -0.1) is 0 Å². The van der Waals surface area contributed by atoms with Gasteiger partial charge in [-0.1, -0.05) is 24.9 Å². The molecular formula is C12H15ClINO. The Labute approximate surface area is 115 Å². The van der Waals surface area contributed by atoms with Gasteiger partial charge in [0.05, 0.1) is 5.02 Å². The molecule has 1 aromatic carbocycles. The fourth-order valence-electron chi connectivity index (χ4n) is 1.45. The smallest absolute Gasteiger partial charge is 0.251 e. The maximum Gasteiger partial charge on any atom is 0.251 e. The summed E-state index contributed by atoms with van der Waals surface area (Å²) >= 11 is 8.02. The SMILES string of the molecule is CCCC(C)NC(=O)c1ccc(Cl)c(I)c1. The highest BCUT2D eigenvalue weighted by Gasteiger charge is 2.10. The van der Waals surface area contributed by atoms with Crippen molar-refractivity contribution in [3.63, 3.8) is 0 Å². The molecule has 0 fully saturated rings. The first-order valence-corrected chi connectivity index (χ1v) is 6.76. The van der Waals surface area contributed by atoms with E-state index in [0.717, 1.165) is 16.4 Å². The van der Waals surface area contributed by atoms with Crippen LogP contribution in [-0.4, -0.2) is 11.9 Å². The number of rotatable bonds is 4. The lowest BCUT2D eigenvalue weighted by molar-refractivity contribution is 0.0938. The Morgan fingerprint density at radius 3 is 2.81 bits per heavy atom. The Kier molecular flexibility index (Phi) is 5.55. The van der Waals surface area contributed by atoms with Crippen LogP contribution in [0.3, 0.4) is 0 Å². The minimum atomic E-state index is -0.0319. The minimum absolute atomic E-state index is 0.0319. The monoisotopic (exact) mass is 351 g/mol. The van der Waals surface area contributed by atoms with Crippen LogP contribution in [0.25, 0.3) is 0 Å². The van der Waals surface area contributed by atoms with Crippen LogP contribution in [0.2, 0.25) is 5.02 Å². The van der Waals surface area contributed by atoms with Crippen molar-refractivity contribution in [2.75, 3.05) is 0 Å². The van der Waals surface area contributed by atoms with E-state index in [0.29, 0.717) is 10.6 Å². The van der Waals surface area contributed by atoms with Gasteiger partial charge < -0.3 is 5.32 Å². The molecule has 0 aliphatic heterocycles. The fraction of sp³-hybridized carbons (Fsp3) is 0.417. The number of carbonyl (C=O) groups is 1. The summed E-state index contributed by atoms with van der Waals surface area (Å²) < 4.78 is 0.898. The van der Waals surface area contributed by atoms with Gasteiger partial charge in [-0.3, -0.25) is 4.79 Å². The third kappa shape index (κ3) is 3.94. The zero-order chi connectivity index (χ0) is 12.1. The zero-order valence-corrected chi connectivity index (χ0v) is 12.3. The lowest BCUT2D eigenvalue weighted by Gasteiger charge is -2.12. The van der Waals surface area contributed by atoms with Gasteiger partial charge in [0.25, 0.3) is 5.91 Å². The Morgan fingerprint density at radius 1 is 1.56 bits per heavy atom. The van der Waals surface area contributed by atoms with Gasteiger partial charge in [-0.2, -0.15) is 0 Å². The third-order valence-electron chi connectivity index (χ3n) is 2.28. The molecule has 2 nitrogen and oxygen atoms in total. The van der Waals surface area contributed by atoms with Crippen molar-refractivity contribution >= 4 is 40.1 Å². The molecule has 16 heavy (non-hydrogen) atoms. The number of carbonyl (C=O) groups excluding carboxylic acids is 1. The number of hydrogen-bond acceptors (Lipinski definition) is 1. The predicted molar refractivity (Wildman–Crippen MR) is 76.0 cm³/mol. The van der Waals surface area contributed by atoms with Crippen molar-refractivity contribution < 1.29 is 4.79 Å². The fourth-order valence-corrected chi connectivity index (χ4v) is 2.08. The van der Waals surface area contributed by atoms with Crippen LogP contribution in [0, 0.1) is 3.57 Å². The van der Waals surface area contributed by atoms with Gasteiger partial charge in [0, 0.05) is 15.2 Å². The maximum atomic E-state index is 11.8. The highest BCUT2D eigenvalue weighted by Crippen LogP contribution is 2.19. The lowest BCUT2D eigenvalue weighted by Crippen LogP contribution is -2.32. The van der Waals surface area contributed by atoms with Gasteiger partial charge in [-0.05, 0) is 54.1 Å². The number of hydrogen-bond donors (Lipinski definition) is 1. The molecule has 0 saturated carbocycles. The number of amides is 1. The van der Waals surface area contributed by atoms with E-state index in [1.165, 1.54) is 0 Å². The molecule has 1 amide bonds. The second-order valence-corrected chi connectivity index (χ2v) is 5.36. The second kappa shape index (κ2) is 6.45. The summed E-state index contributed by atoms with van der Waals surface area (Å²) in [7, 11) is 0. The molecule has 4 heteroatoms. The highest BCUT2D eigenvalue weighted by molar-refractivity contribution is 14.1. The molecule has 1 unspecified atom stereocenters. The van der Waals surface area contributed by atoms with Crippen LogP contribution >= 0.6 is 34.2 Å². The molecule has 0 bridgehead atoms. The number of benzene rings is 1. The Hall–Kier alpha value is -0.290. The van der Waals surface area contributed by atoms with Crippen molar-refractivity contribution in [1.29, 1.82) is 0 Å². The van der Waals surface area contributed by atoms with E-state index in [-0.39, 0.29) is 11.9 Å². The summed E-state index contributed by atoms with van der Waals surface area (Å²) in [5, 5.41) is 3.64. The van der Waals surface area contributed by atoms with E-state index in [1.807, 2.05) is 6.92 Å². The Balaban J connectivity index is 2.69. The molecule has 0 heterocycles. The highest BCUT2D eigenvalue weighted by atomic mass is 127. The number of halogens is 2. The average Bonchev–Trinajstić information content (AvgIpc) is 2.22. The second-order valence-electron chi connectivity index (χ2n) is 3.79. The molecule has 1 atom stereocenters. The van der Waals surface area contributed by atoms with E-state index < -0.39 is 0 Å². The van der Waals surface area contributed by atoms with Crippen LogP contribution in [0.4, 0.5) is 0 Å². The molecule has 0 aromatic heterocycles. The van der Waals surface area contributed by atoms with Crippen LogP contribution in [-0.2, 0) is 0 Å². The van der Waals surface area contributed by atoms with Gasteiger partial charge in [0.1, 0.15) is 0 Å². The molecule has 0 aliphatic rings. The number of nitrogens with one attached hydrogen (secondary N) is 1. The van der Waals surface area contributed by atoms with Crippen molar-refractivity contribution in [2.45, 2.75) is 32.7 Å². The van der Waals surface area contributed by atoms with Crippen LogP contribution in [0.15, 0.2) is 18.2 Å². The van der Waals surface area contributed by atoms with Crippen molar-refractivity contribution in [3.8, 4) is 0 Å². The topological polar surface area (TPSA) is 29.1 Å². The Bertz CT molecular complexity index is 381.